The fraction of sp³-hybridized carbons (Fsp3) is 0.174. The van der Waals surface area contributed by atoms with E-state index in [0.29, 0.717) is 17.6 Å². The van der Waals surface area contributed by atoms with Crippen molar-refractivity contribution < 1.29 is 9.53 Å². The average Bonchev–Trinajstić information content (AvgIpc) is 3.47. The zero-order valence-corrected chi connectivity index (χ0v) is 18.2. The van der Waals surface area contributed by atoms with Gasteiger partial charge in [0.15, 0.2) is 5.16 Å². The van der Waals surface area contributed by atoms with Gasteiger partial charge in [0.1, 0.15) is 5.75 Å². The number of rotatable bonds is 8. The maximum absolute atomic E-state index is 12.4. The molecule has 0 aliphatic carbocycles. The third kappa shape index (κ3) is 4.97. The first-order chi connectivity index (χ1) is 15.1. The number of thioether (sulfide) groups is 1. The minimum Gasteiger partial charge on any atom is -0.497 e. The first-order valence-corrected chi connectivity index (χ1v) is 10.8. The van der Waals surface area contributed by atoms with E-state index >= 15 is 0 Å². The lowest BCUT2D eigenvalue weighted by Crippen LogP contribution is -2.24. The second-order valence-electron chi connectivity index (χ2n) is 6.96. The van der Waals surface area contributed by atoms with Gasteiger partial charge in [-0.15, -0.1) is 10.2 Å². The van der Waals surface area contributed by atoms with Crippen LogP contribution in [0.25, 0.3) is 11.6 Å². The van der Waals surface area contributed by atoms with Gasteiger partial charge >= 0.3 is 0 Å². The molecule has 2 heterocycles. The van der Waals surface area contributed by atoms with Gasteiger partial charge in [0.25, 0.3) is 0 Å². The number of carbonyl (C=O) groups excluding carboxylic acids is 1. The van der Waals surface area contributed by atoms with Crippen molar-refractivity contribution >= 4 is 17.7 Å². The molecule has 4 rings (SSSR count). The van der Waals surface area contributed by atoms with Gasteiger partial charge in [-0.3, -0.25) is 13.9 Å². The topological polar surface area (TPSA) is 74.0 Å². The predicted molar refractivity (Wildman–Crippen MR) is 121 cm³/mol. The summed E-state index contributed by atoms with van der Waals surface area (Å²) in [5, 5.41) is 12.3. The highest BCUT2D eigenvalue weighted by atomic mass is 32.2. The van der Waals surface area contributed by atoms with E-state index in [0.717, 1.165) is 17.0 Å². The van der Waals surface area contributed by atoms with Gasteiger partial charge < -0.3 is 10.1 Å². The highest BCUT2D eigenvalue weighted by Crippen LogP contribution is 2.26. The van der Waals surface area contributed by atoms with E-state index in [-0.39, 0.29) is 11.7 Å². The van der Waals surface area contributed by atoms with Gasteiger partial charge in [-0.1, -0.05) is 47.7 Å². The number of carbonyl (C=O) groups is 1. The van der Waals surface area contributed by atoms with Gasteiger partial charge in [-0.25, -0.2) is 0 Å². The third-order valence-corrected chi connectivity index (χ3v) is 5.63. The van der Waals surface area contributed by atoms with E-state index in [1.807, 2.05) is 89.1 Å². The molecule has 0 unspecified atom stereocenters. The van der Waals surface area contributed by atoms with Crippen LogP contribution in [0.4, 0.5) is 0 Å². The molecule has 0 aliphatic rings. The lowest BCUT2D eigenvalue weighted by atomic mass is 10.1. The summed E-state index contributed by atoms with van der Waals surface area (Å²) in [7, 11) is 1.63. The van der Waals surface area contributed by atoms with E-state index in [4.69, 9.17) is 4.74 Å². The number of benzene rings is 2. The maximum atomic E-state index is 12.4. The number of nitrogens with one attached hydrogen (secondary N) is 1. The summed E-state index contributed by atoms with van der Waals surface area (Å²) in [6.45, 7) is 2.54. The minimum absolute atomic E-state index is 0.0618. The van der Waals surface area contributed by atoms with Gasteiger partial charge in [-0.05, 0) is 36.8 Å². The zero-order valence-electron chi connectivity index (χ0n) is 17.4. The number of aryl methyl sites for hydroxylation is 1. The van der Waals surface area contributed by atoms with Crippen molar-refractivity contribution in [2.45, 2.75) is 18.6 Å². The molecule has 2 aromatic heterocycles. The second-order valence-corrected chi connectivity index (χ2v) is 7.90. The number of hydrogen-bond acceptors (Lipinski definition) is 5. The first kappa shape index (κ1) is 20.7. The third-order valence-electron chi connectivity index (χ3n) is 4.71. The highest BCUT2D eigenvalue weighted by Gasteiger charge is 2.17. The van der Waals surface area contributed by atoms with Gasteiger partial charge in [0.2, 0.25) is 11.9 Å². The van der Waals surface area contributed by atoms with Crippen molar-refractivity contribution in [1.82, 2.24) is 24.6 Å². The van der Waals surface area contributed by atoms with Crippen LogP contribution in [-0.2, 0) is 11.3 Å². The molecule has 0 atom stereocenters. The molecule has 31 heavy (non-hydrogen) atoms. The molecule has 7 nitrogen and oxygen atoms in total. The second kappa shape index (κ2) is 9.53. The van der Waals surface area contributed by atoms with Crippen molar-refractivity contribution in [3.8, 4) is 17.4 Å². The number of amides is 1. The van der Waals surface area contributed by atoms with E-state index in [9.17, 15) is 4.79 Å². The summed E-state index contributed by atoms with van der Waals surface area (Å²) >= 11 is 1.34. The number of nitrogens with zero attached hydrogens (tertiary/aromatic N) is 4. The summed E-state index contributed by atoms with van der Waals surface area (Å²) in [4.78, 5) is 12.4. The summed E-state index contributed by atoms with van der Waals surface area (Å²) in [6, 6.07) is 19.6. The molecule has 8 heteroatoms. The Balaban J connectivity index is 1.51. The van der Waals surface area contributed by atoms with Crippen LogP contribution in [0.3, 0.4) is 0 Å². The lowest BCUT2D eigenvalue weighted by molar-refractivity contribution is -0.118. The van der Waals surface area contributed by atoms with Gasteiger partial charge in [0.05, 0.1) is 18.6 Å². The number of methoxy groups -OCH3 is 1. The molecule has 0 fully saturated rings. The zero-order chi connectivity index (χ0) is 21.6. The molecule has 158 valence electrons. The lowest BCUT2D eigenvalue weighted by Gasteiger charge is -2.12. The van der Waals surface area contributed by atoms with E-state index in [1.54, 1.807) is 7.11 Å². The molecule has 1 N–H and O–H groups in total. The van der Waals surface area contributed by atoms with Crippen LogP contribution in [0.1, 0.15) is 11.1 Å². The Morgan fingerprint density at radius 1 is 1.06 bits per heavy atom. The Morgan fingerprint density at radius 2 is 1.84 bits per heavy atom. The Hall–Kier alpha value is -3.52. The van der Waals surface area contributed by atoms with Crippen molar-refractivity contribution in [3.63, 3.8) is 0 Å². The van der Waals surface area contributed by atoms with Crippen LogP contribution in [0, 0.1) is 6.92 Å². The van der Waals surface area contributed by atoms with Crippen LogP contribution in [-0.4, -0.2) is 38.1 Å². The van der Waals surface area contributed by atoms with Crippen molar-refractivity contribution in [3.05, 3.63) is 84.2 Å². The quantitative estimate of drug-likeness (QED) is 0.428. The number of aromatic nitrogens is 4. The largest absolute Gasteiger partial charge is 0.497 e. The summed E-state index contributed by atoms with van der Waals surface area (Å²) in [5.41, 5.74) is 3.12. The standard InChI is InChI=1S/C23H23N5O2S/c1-17-8-10-18(11-9-17)15-24-21(29)16-31-23-26-25-22(27-12-3-4-13-27)28(23)19-6-5-7-20(14-19)30-2/h3-14H,15-16H2,1-2H3,(H,24,29). The molecule has 0 spiro atoms. The maximum Gasteiger partial charge on any atom is 0.240 e. The molecule has 0 aliphatic heterocycles. The molecular formula is C23H23N5O2S. The van der Waals surface area contributed by atoms with E-state index in [2.05, 4.69) is 15.5 Å². The first-order valence-electron chi connectivity index (χ1n) is 9.82. The average molecular weight is 434 g/mol. The monoisotopic (exact) mass is 433 g/mol. The van der Waals surface area contributed by atoms with Crippen LogP contribution in [0.2, 0.25) is 0 Å². The molecule has 1 amide bonds. The number of hydrogen-bond donors (Lipinski definition) is 1. The SMILES string of the molecule is COc1cccc(-n2c(SCC(=O)NCc3ccc(C)cc3)nnc2-n2cccc2)c1. The fourth-order valence-electron chi connectivity index (χ4n) is 3.05. The van der Waals surface area contributed by atoms with Crippen LogP contribution in [0.15, 0.2) is 78.2 Å². The Bertz CT molecular complexity index is 1150. The molecule has 0 saturated carbocycles. The minimum atomic E-state index is -0.0618. The summed E-state index contributed by atoms with van der Waals surface area (Å²) in [6.07, 6.45) is 3.81. The molecule has 0 saturated heterocycles. The van der Waals surface area contributed by atoms with Crippen molar-refractivity contribution in [1.29, 1.82) is 0 Å². The normalized spacial score (nSPS) is 10.8. The van der Waals surface area contributed by atoms with Crippen LogP contribution in [0.5, 0.6) is 5.75 Å². The fourth-order valence-corrected chi connectivity index (χ4v) is 3.83. The molecule has 0 bridgehead atoms. The van der Waals surface area contributed by atoms with E-state index in [1.165, 1.54) is 17.3 Å². The Morgan fingerprint density at radius 3 is 2.58 bits per heavy atom. The van der Waals surface area contributed by atoms with Crippen molar-refractivity contribution in [2.24, 2.45) is 0 Å². The molecule has 0 radical (unpaired) electrons. The van der Waals surface area contributed by atoms with Crippen LogP contribution < -0.4 is 10.1 Å². The summed E-state index contributed by atoms with van der Waals surface area (Å²) in [5.74, 6) is 1.55. The molecule has 4 aromatic rings. The molecule has 2 aromatic carbocycles. The smallest absolute Gasteiger partial charge is 0.240 e. The Labute approximate surface area is 185 Å². The highest BCUT2D eigenvalue weighted by molar-refractivity contribution is 7.99. The summed E-state index contributed by atoms with van der Waals surface area (Å²) < 4.78 is 9.17. The van der Waals surface area contributed by atoms with Gasteiger partial charge in [0, 0.05) is 25.0 Å². The van der Waals surface area contributed by atoms with Crippen LogP contribution >= 0.6 is 11.8 Å². The van der Waals surface area contributed by atoms with Crippen molar-refractivity contribution in [2.75, 3.05) is 12.9 Å². The van der Waals surface area contributed by atoms with E-state index < -0.39 is 0 Å². The molecular weight excluding hydrogens is 410 g/mol. The predicted octanol–water partition coefficient (Wildman–Crippen LogP) is 3.78. The Kier molecular flexibility index (Phi) is 6.37. The van der Waals surface area contributed by atoms with Gasteiger partial charge in [-0.2, -0.15) is 0 Å². The number of ether oxygens (including phenoxy) is 1.